The number of nitrogens with one attached hydrogen (secondary N) is 1. The zero-order valence-corrected chi connectivity index (χ0v) is 9.60. The molecule has 1 heterocycles. The van der Waals surface area contributed by atoms with Crippen LogP contribution < -0.4 is 5.32 Å². The third kappa shape index (κ3) is 2.59. The Morgan fingerprint density at radius 2 is 2.00 bits per heavy atom. The van der Waals surface area contributed by atoms with Crippen molar-refractivity contribution in [1.82, 2.24) is 15.3 Å². The Morgan fingerprint density at radius 3 is 2.56 bits per heavy atom. The highest BCUT2D eigenvalue weighted by molar-refractivity contribution is 4.98. The van der Waals surface area contributed by atoms with Crippen LogP contribution in [0.4, 0.5) is 0 Å². The molecule has 0 aliphatic heterocycles. The van der Waals surface area contributed by atoms with Crippen LogP contribution in [-0.2, 0) is 6.54 Å². The second-order valence-electron chi connectivity index (χ2n) is 5.17. The number of hydrogen-bond acceptors (Lipinski definition) is 3. The Bertz CT molecular complexity index is 318. The summed E-state index contributed by atoms with van der Waals surface area (Å²) in [4.78, 5) is 8.15. The van der Waals surface area contributed by atoms with E-state index in [9.17, 15) is 0 Å². The number of nitrogens with zero attached hydrogens (tertiary/aromatic N) is 2. The number of rotatable bonds is 6. The fourth-order valence-corrected chi connectivity index (χ4v) is 2.56. The molecule has 1 N–H and O–H groups in total. The first-order valence-corrected chi connectivity index (χ1v) is 6.39. The van der Waals surface area contributed by atoms with Gasteiger partial charge in [0, 0.05) is 12.7 Å². The molecule has 2 saturated carbocycles. The van der Waals surface area contributed by atoms with E-state index in [-0.39, 0.29) is 0 Å². The summed E-state index contributed by atoms with van der Waals surface area (Å²) in [6, 6.07) is 1.98. The molecule has 0 spiro atoms. The van der Waals surface area contributed by atoms with E-state index >= 15 is 0 Å². The van der Waals surface area contributed by atoms with Crippen molar-refractivity contribution in [3.05, 3.63) is 24.3 Å². The zero-order valence-electron chi connectivity index (χ0n) is 9.60. The fraction of sp³-hybridized carbons (Fsp3) is 0.692. The molecule has 0 atom stereocenters. The van der Waals surface area contributed by atoms with Crippen molar-refractivity contribution >= 4 is 0 Å². The van der Waals surface area contributed by atoms with Crippen LogP contribution in [0.2, 0.25) is 0 Å². The molecule has 16 heavy (non-hydrogen) atoms. The second kappa shape index (κ2) is 4.50. The van der Waals surface area contributed by atoms with E-state index in [1.54, 1.807) is 6.33 Å². The SMILES string of the molecule is c1cc(CNCC(C2CC2)C2CC2)ncn1. The summed E-state index contributed by atoms with van der Waals surface area (Å²) in [6.07, 6.45) is 9.30. The monoisotopic (exact) mass is 217 g/mol. The molecular formula is C13H19N3. The van der Waals surface area contributed by atoms with Crippen LogP contribution in [0, 0.1) is 17.8 Å². The molecule has 1 aromatic heterocycles. The Hall–Kier alpha value is -0.960. The van der Waals surface area contributed by atoms with Crippen LogP contribution in [0.15, 0.2) is 18.6 Å². The van der Waals surface area contributed by atoms with Crippen LogP contribution in [0.1, 0.15) is 31.4 Å². The molecule has 3 heteroatoms. The third-order valence-corrected chi connectivity index (χ3v) is 3.78. The predicted octanol–water partition coefficient (Wildman–Crippen LogP) is 2.00. The van der Waals surface area contributed by atoms with E-state index in [1.807, 2.05) is 12.3 Å². The molecule has 0 aromatic carbocycles. The summed E-state index contributed by atoms with van der Waals surface area (Å²) in [5.41, 5.74) is 1.10. The maximum atomic E-state index is 4.22. The van der Waals surface area contributed by atoms with E-state index in [0.29, 0.717) is 0 Å². The van der Waals surface area contributed by atoms with Gasteiger partial charge in [0.1, 0.15) is 6.33 Å². The summed E-state index contributed by atoms with van der Waals surface area (Å²) in [6.45, 7) is 2.07. The van der Waals surface area contributed by atoms with Gasteiger partial charge in [-0.15, -0.1) is 0 Å². The molecule has 3 nitrogen and oxygen atoms in total. The summed E-state index contributed by atoms with van der Waals surface area (Å²) in [7, 11) is 0. The molecule has 86 valence electrons. The summed E-state index contributed by atoms with van der Waals surface area (Å²) in [5.74, 6) is 3.01. The largest absolute Gasteiger partial charge is 0.311 e. The van der Waals surface area contributed by atoms with Gasteiger partial charge in [-0.2, -0.15) is 0 Å². The van der Waals surface area contributed by atoms with Crippen molar-refractivity contribution in [2.45, 2.75) is 32.2 Å². The van der Waals surface area contributed by atoms with E-state index in [2.05, 4.69) is 15.3 Å². The molecule has 1 aromatic rings. The highest BCUT2D eigenvalue weighted by Gasteiger charge is 2.40. The van der Waals surface area contributed by atoms with Crippen molar-refractivity contribution in [2.75, 3.05) is 6.54 Å². The van der Waals surface area contributed by atoms with Crippen LogP contribution in [0.25, 0.3) is 0 Å². The lowest BCUT2D eigenvalue weighted by Crippen LogP contribution is -2.25. The first-order valence-electron chi connectivity index (χ1n) is 6.39. The minimum Gasteiger partial charge on any atom is -0.311 e. The molecule has 2 fully saturated rings. The van der Waals surface area contributed by atoms with Crippen molar-refractivity contribution in [1.29, 1.82) is 0 Å². The zero-order chi connectivity index (χ0) is 10.8. The lowest BCUT2D eigenvalue weighted by atomic mass is 9.98. The molecule has 0 unspecified atom stereocenters. The van der Waals surface area contributed by atoms with Gasteiger partial charge in [-0.1, -0.05) is 0 Å². The van der Waals surface area contributed by atoms with E-state index in [4.69, 9.17) is 0 Å². The van der Waals surface area contributed by atoms with Crippen molar-refractivity contribution in [3.8, 4) is 0 Å². The minimum atomic E-state index is 0.887. The topological polar surface area (TPSA) is 37.8 Å². The molecule has 0 amide bonds. The standard InChI is InChI=1S/C13H19N3/c1-2-10(1)13(11-3-4-11)8-15-7-12-5-6-14-9-16-12/h5-6,9-11,13,15H,1-4,7-8H2. The van der Waals surface area contributed by atoms with Gasteiger partial charge in [0.15, 0.2) is 0 Å². The minimum absolute atomic E-state index is 0.887. The van der Waals surface area contributed by atoms with Crippen molar-refractivity contribution < 1.29 is 0 Å². The fourth-order valence-electron chi connectivity index (χ4n) is 2.56. The highest BCUT2D eigenvalue weighted by atomic mass is 14.9. The van der Waals surface area contributed by atoms with Crippen molar-refractivity contribution in [2.24, 2.45) is 17.8 Å². The van der Waals surface area contributed by atoms with Gasteiger partial charge in [-0.25, -0.2) is 9.97 Å². The molecular weight excluding hydrogens is 198 g/mol. The average molecular weight is 217 g/mol. The van der Waals surface area contributed by atoms with Crippen LogP contribution >= 0.6 is 0 Å². The van der Waals surface area contributed by atoms with Gasteiger partial charge in [0.2, 0.25) is 0 Å². The Labute approximate surface area is 96.7 Å². The molecule has 2 aliphatic rings. The van der Waals surface area contributed by atoms with Gasteiger partial charge >= 0.3 is 0 Å². The molecule has 0 radical (unpaired) electrons. The Balaban J connectivity index is 1.45. The lowest BCUT2D eigenvalue weighted by molar-refractivity contribution is 0.377. The van der Waals surface area contributed by atoms with Gasteiger partial charge in [0.05, 0.1) is 5.69 Å². The maximum absolute atomic E-state index is 4.22. The second-order valence-corrected chi connectivity index (χ2v) is 5.17. The average Bonchev–Trinajstić information content (AvgIpc) is 3.17. The lowest BCUT2D eigenvalue weighted by Gasteiger charge is -2.15. The first kappa shape index (κ1) is 10.2. The quantitative estimate of drug-likeness (QED) is 0.792. The highest BCUT2D eigenvalue weighted by Crippen LogP contribution is 2.48. The molecule has 0 saturated heterocycles. The third-order valence-electron chi connectivity index (χ3n) is 3.78. The van der Waals surface area contributed by atoms with E-state index in [0.717, 1.165) is 30.0 Å². The Kier molecular flexibility index (Phi) is 2.87. The van der Waals surface area contributed by atoms with Crippen LogP contribution in [0.5, 0.6) is 0 Å². The smallest absolute Gasteiger partial charge is 0.115 e. The molecule has 3 rings (SSSR count). The Morgan fingerprint density at radius 1 is 1.25 bits per heavy atom. The number of hydrogen-bond donors (Lipinski definition) is 1. The normalized spacial score (nSPS) is 20.3. The maximum Gasteiger partial charge on any atom is 0.115 e. The predicted molar refractivity (Wildman–Crippen MR) is 62.7 cm³/mol. The van der Waals surface area contributed by atoms with E-state index in [1.165, 1.54) is 32.2 Å². The number of aromatic nitrogens is 2. The van der Waals surface area contributed by atoms with Gasteiger partial charge in [0.25, 0.3) is 0 Å². The summed E-state index contributed by atoms with van der Waals surface area (Å²) < 4.78 is 0. The first-order chi connectivity index (χ1) is 7.93. The van der Waals surface area contributed by atoms with Crippen molar-refractivity contribution in [3.63, 3.8) is 0 Å². The van der Waals surface area contributed by atoms with Crippen LogP contribution in [0.3, 0.4) is 0 Å². The van der Waals surface area contributed by atoms with Gasteiger partial charge in [-0.05, 0) is 56.0 Å². The summed E-state index contributed by atoms with van der Waals surface area (Å²) >= 11 is 0. The molecule has 2 aliphatic carbocycles. The van der Waals surface area contributed by atoms with Gasteiger partial charge < -0.3 is 5.32 Å². The van der Waals surface area contributed by atoms with E-state index < -0.39 is 0 Å². The molecule has 0 bridgehead atoms. The van der Waals surface area contributed by atoms with Crippen LogP contribution in [-0.4, -0.2) is 16.5 Å². The van der Waals surface area contributed by atoms with Gasteiger partial charge in [-0.3, -0.25) is 0 Å². The summed E-state index contributed by atoms with van der Waals surface area (Å²) in [5, 5.41) is 3.55.